The number of halogens is 1. The topological polar surface area (TPSA) is 160 Å². The molecule has 5 saturated heterocycles. The minimum absolute atomic E-state index is 0.0270. The van der Waals surface area contributed by atoms with Gasteiger partial charge in [0.05, 0.1) is 12.0 Å². The van der Waals surface area contributed by atoms with E-state index in [1.54, 1.807) is 23.2 Å². The zero-order chi connectivity index (χ0) is 48.2. The first kappa shape index (κ1) is 44.9. The summed E-state index contributed by atoms with van der Waals surface area (Å²) in [6.45, 7) is 11.6. The third-order valence-electron chi connectivity index (χ3n) is 17.8. The molecule has 2 aromatic heterocycles. The number of pyridine rings is 1. The maximum Gasteiger partial charge on any atom is 0.319 e. The molecule has 71 heavy (non-hydrogen) atoms. The number of likely N-dealkylation sites (tertiary alicyclic amines) is 1. The maximum absolute atomic E-state index is 17.2. The van der Waals surface area contributed by atoms with E-state index in [0.717, 1.165) is 119 Å². The van der Waals surface area contributed by atoms with Crippen LogP contribution in [0.4, 0.5) is 15.9 Å². The molecular weight excluding hydrogens is 900 g/mol. The van der Waals surface area contributed by atoms with Crippen LogP contribution in [0, 0.1) is 16.6 Å². The number of rotatable bonds is 11. The van der Waals surface area contributed by atoms with Crippen LogP contribution >= 0.6 is 0 Å². The molecule has 370 valence electrons. The van der Waals surface area contributed by atoms with Crippen molar-refractivity contribution in [2.45, 2.75) is 108 Å². The lowest BCUT2D eigenvalue weighted by Crippen LogP contribution is -2.59. The molecule has 3 N–H and O–H groups in total. The summed E-state index contributed by atoms with van der Waals surface area (Å²) in [6, 6.07) is 16.3. The summed E-state index contributed by atoms with van der Waals surface area (Å²) in [6.07, 6.45) is 12.4. The van der Waals surface area contributed by atoms with Gasteiger partial charge < -0.3 is 34.8 Å². The van der Waals surface area contributed by atoms with Gasteiger partial charge in [-0.05, 0) is 135 Å². The molecule has 1 spiro atoms. The number of aromatic nitrogens is 3. The number of fused-ring (bicyclic) bond motifs is 5. The minimum Gasteiger partial charge on any atom is -0.508 e. The molecule has 8 heterocycles. The van der Waals surface area contributed by atoms with Crippen molar-refractivity contribution in [2.24, 2.45) is 10.8 Å². The average molecular weight is 963 g/mol. The van der Waals surface area contributed by atoms with E-state index in [0.29, 0.717) is 65.4 Å². The number of aryl methyl sites for hydroxylation is 1. The highest BCUT2D eigenvalue weighted by atomic mass is 19.1. The van der Waals surface area contributed by atoms with Crippen molar-refractivity contribution in [3.63, 3.8) is 0 Å². The number of hydrogen-bond donors (Lipinski definition) is 3. The Morgan fingerprint density at radius 2 is 1.66 bits per heavy atom. The normalized spacial score (nSPS) is 25.3. The standard InChI is InChI=1S/C55H63FN10O5/c1-2-33-4-3-5-34-23-40(67)24-42(46(33)34)48-47(56)49-43(27-57-48)50(65-29-36-6-7-37(30-65)58-36)61-53(60-49)71-32-55(12-13-55)31-62-16-14-54(15-17-62)25-39(26-54)64-20-18-63(19-21-64)38-8-9-41-35(22-38)28-66(52(41)70)44-10-11-45(68)59-51(44)69/h3-5,8-9,22-24,27,36-37,39,44,58,67H,2,6-7,10-21,25-26,28-32H2,1H3,(H,59,68,69)/t36?,37?,44-/m0/s1. The van der Waals surface area contributed by atoms with E-state index in [1.807, 2.05) is 30.3 Å². The monoisotopic (exact) mass is 962 g/mol. The first-order valence-corrected chi connectivity index (χ1v) is 26.2. The molecule has 3 aromatic carbocycles. The lowest BCUT2D eigenvalue weighted by molar-refractivity contribution is -0.136. The number of piperazine rings is 2. The molecule has 3 atom stereocenters. The van der Waals surface area contributed by atoms with Crippen molar-refractivity contribution in [3.8, 4) is 23.0 Å². The molecule has 5 aromatic rings. The Bertz CT molecular complexity index is 2970. The smallest absolute Gasteiger partial charge is 0.319 e. The van der Waals surface area contributed by atoms with Crippen LogP contribution < -0.4 is 25.2 Å². The van der Waals surface area contributed by atoms with Gasteiger partial charge in [0.2, 0.25) is 11.8 Å². The number of piperidine rings is 2. The third-order valence-corrected chi connectivity index (χ3v) is 17.8. The number of amides is 3. The number of carbonyl (C=O) groups is 3. The number of nitrogens with one attached hydrogen (secondary N) is 2. The maximum atomic E-state index is 17.2. The highest BCUT2D eigenvalue weighted by Crippen LogP contribution is 2.53. The fourth-order valence-electron chi connectivity index (χ4n) is 13.6. The zero-order valence-corrected chi connectivity index (χ0v) is 40.6. The van der Waals surface area contributed by atoms with E-state index in [1.165, 1.54) is 25.7 Å². The van der Waals surface area contributed by atoms with Crippen LogP contribution in [0.3, 0.4) is 0 Å². The molecular formula is C55H63FN10O5. The molecule has 8 aliphatic rings. The van der Waals surface area contributed by atoms with E-state index in [9.17, 15) is 19.5 Å². The number of carbonyl (C=O) groups excluding carboxylic acids is 3. The van der Waals surface area contributed by atoms with E-state index < -0.39 is 11.9 Å². The first-order chi connectivity index (χ1) is 34.5. The molecule has 2 bridgehead atoms. The predicted molar refractivity (Wildman–Crippen MR) is 268 cm³/mol. The number of nitrogens with zero attached hydrogens (tertiary/aromatic N) is 8. The molecule has 16 heteroatoms. The van der Waals surface area contributed by atoms with Crippen molar-refractivity contribution in [2.75, 3.05) is 75.3 Å². The Labute approximate surface area is 413 Å². The van der Waals surface area contributed by atoms with E-state index in [-0.39, 0.29) is 52.5 Å². The van der Waals surface area contributed by atoms with Gasteiger partial charge in [0.1, 0.15) is 28.8 Å². The lowest BCUT2D eigenvalue weighted by Gasteiger charge is -2.56. The van der Waals surface area contributed by atoms with E-state index in [2.05, 4.69) is 43.2 Å². The second kappa shape index (κ2) is 17.4. The number of imide groups is 1. The van der Waals surface area contributed by atoms with Crippen molar-refractivity contribution < 1.29 is 28.6 Å². The van der Waals surface area contributed by atoms with Crippen LogP contribution in [0.15, 0.2) is 54.7 Å². The SMILES string of the molecule is CCc1cccc2cc(O)cc(-c3ncc4c(N5CC6CCC(C5)N6)nc(OCC5(CN6CCC7(CC6)CC(N6CCN(c8ccc9c(c8)CN([C@H]8CCC(=O)NC8=O)C9=O)CC6)C7)CC5)nc4c3F)c12. The summed E-state index contributed by atoms with van der Waals surface area (Å²) in [5, 5.41) is 19.2. The Morgan fingerprint density at radius 1 is 0.873 bits per heavy atom. The summed E-state index contributed by atoms with van der Waals surface area (Å²) < 4.78 is 23.8. The number of benzene rings is 3. The number of hydrogen-bond acceptors (Lipinski definition) is 13. The number of anilines is 2. The predicted octanol–water partition coefficient (Wildman–Crippen LogP) is 6.18. The van der Waals surface area contributed by atoms with Crippen LogP contribution in [0.25, 0.3) is 32.9 Å². The van der Waals surface area contributed by atoms with Crippen molar-refractivity contribution in [1.82, 2.24) is 40.3 Å². The van der Waals surface area contributed by atoms with Gasteiger partial charge in [0.15, 0.2) is 5.82 Å². The Morgan fingerprint density at radius 3 is 2.41 bits per heavy atom. The second-order valence-corrected chi connectivity index (χ2v) is 22.3. The van der Waals surface area contributed by atoms with Crippen LogP contribution in [0.1, 0.15) is 92.6 Å². The van der Waals surface area contributed by atoms with Crippen LogP contribution in [-0.4, -0.2) is 142 Å². The minimum atomic E-state index is -0.602. The molecule has 2 aliphatic carbocycles. The fraction of sp³-hybridized carbons (Fsp3) is 0.527. The summed E-state index contributed by atoms with van der Waals surface area (Å²) in [5.74, 6) is -0.588. The molecule has 13 rings (SSSR count). The highest BCUT2D eigenvalue weighted by Gasteiger charge is 2.51. The van der Waals surface area contributed by atoms with Gasteiger partial charge in [-0.1, -0.05) is 25.1 Å². The Kier molecular flexibility index (Phi) is 11.0. The molecule has 7 fully saturated rings. The van der Waals surface area contributed by atoms with Crippen molar-refractivity contribution in [1.29, 1.82) is 0 Å². The molecule has 2 unspecified atom stereocenters. The molecule has 15 nitrogen and oxygen atoms in total. The van der Waals surface area contributed by atoms with Crippen LogP contribution in [0.2, 0.25) is 0 Å². The van der Waals surface area contributed by atoms with Crippen LogP contribution in [-0.2, 0) is 22.6 Å². The summed E-state index contributed by atoms with van der Waals surface area (Å²) in [7, 11) is 0. The van der Waals surface area contributed by atoms with Gasteiger partial charge in [-0.2, -0.15) is 9.97 Å². The van der Waals surface area contributed by atoms with Gasteiger partial charge >= 0.3 is 6.01 Å². The molecule has 6 aliphatic heterocycles. The van der Waals surface area contributed by atoms with Crippen molar-refractivity contribution in [3.05, 3.63) is 77.2 Å². The summed E-state index contributed by atoms with van der Waals surface area (Å²) in [5.41, 5.74) is 5.14. The Balaban J connectivity index is 0.638. The number of phenols is 1. The molecule has 2 saturated carbocycles. The quantitative estimate of drug-likeness (QED) is 0.129. The number of aromatic hydroxyl groups is 1. The van der Waals surface area contributed by atoms with Gasteiger partial charge in [0.25, 0.3) is 5.91 Å². The van der Waals surface area contributed by atoms with Crippen molar-refractivity contribution >= 4 is 50.9 Å². The van der Waals surface area contributed by atoms with Gasteiger partial charge in [0, 0.05) is 105 Å². The number of ether oxygens (including phenoxy) is 1. The second-order valence-electron chi connectivity index (χ2n) is 22.3. The van der Waals surface area contributed by atoms with Crippen LogP contribution in [0.5, 0.6) is 11.8 Å². The van der Waals surface area contributed by atoms with Gasteiger partial charge in [-0.15, -0.1) is 0 Å². The first-order valence-electron chi connectivity index (χ1n) is 26.2. The van der Waals surface area contributed by atoms with Gasteiger partial charge in [-0.25, -0.2) is 4.39 Å². The largest absolute Gasteiger partial charge is 0.508 e. The van der Waals surface area contributed by atoms with E-state index >= 15 is 4.39 Å². The average Bonchev–Trinajstić information content (AvgIpc) is 3.95. The Hall–Kier alpha value is -5.97. The molecule has 3 amide bonds. The summed E-state index contributed by atoms with van der Waals surface area (Å²) >= 11 is 0. The number of phenolic OH excluding ortho intramolecular Hbond substituents is 1. The van der Waals surface area contributed by atoms with E-state index in [4.69, 9.17) is 19.7 Å². The highest BCUT2D eigenvalue weighted by molar-refractivity contribution is 6.06. The third kappa shape index (κ3) is 8.13. The zero-order valence-electron chi connectivity index (χ0n) is 40.6. The lowest BCUT2D eigenvalue weighted by atomic mass is 9.60. The molecule has 0 radical (unpaired) electrons. The van der Waals surface area contributed by atoms with Gasteiger partial charge in [-0.3, -0.25) is 29.6 Å². The fourth-order valence-corrected chi connectivity index (χ4v) is 13.6. The summed E-state index contributed by atoms with van der Waals surface area (Å²) in [4.78, 5) is 63.8.